The summed E-state index contributed by atoms with van der Waals surface area (Å²) in [6.45, 7) is 0.828. The van der Waals surface area contributed by atoms with Crippen molar-refractivity contribution >= 4 is 5.97 Å². The molecule has 5 atom stereocenters. The first kappa shape index (κ1) is 17.4. The number of likely N-dealkylation sites (tertiary alicyclic amines) is 1. The monoisotopic (exact) mass is 461 g/mol. The van der Waals surface area contributed by atoms with Crippen molar-refractivity contribution in [2.24, 2.45) is 5.92 Å². The second kappa shape index (κ2) is 6.98. The average Bonchev–Trinajstić information content (AvgIpc) is 3.03. The molecule has 0 aromatic heterocycles. The van der Waals surface area contributed by atoms with Crippen LogP contribution < -0.4 is 4.74 Å². The van der Waals surface area contributed by atoms with Gasteiger partial charge in [-0.25, -0.2) is 4.79 Å². The molecule has 5 aliphatic rings. The van der Waals surface area contributed by atoms with Gasteiger partial charge in [-0.05, 0) is 62.5 Å². The molecule has 1 saturated heterocycles. The van der Waals surface area contributed by atoms with Crippen molar-refractivity contribution in [1.82, 2.24) is 4.90 Å². The molecule has 176 valence electrons. The second-order valence-electron chi connectivity index (χ2n) is 9.10. The summed E-state index contributed by atoms with van der Waals surface area (Å²) < 4.78 is 69.7. The number of phenolic OH excluding ortho intramolecular Hbond substituents is 1. The molecule has 1 aromatic rings. The number of alkyl halides is 3. The second-order valence-corrected chi connectivity index (χ2v) is 9.10. The van der Waals surface area contributed by atoms with Gasteiger partial charge in [-0.15, -0.1) is 0 Å². The number of ether oxygens (including phenoxy) is 1. The minimum atomic E-state index is -5.08. The van der Waals surface area contributed by atoms with Crippen LogP contribution in [0.4, 0.5) is 13.2 Å². The Hall–Kier alpha value is -2.04. The van der Waals surface area contributed by atoms with Gasteiger partial charge in [-0.1, -0.05) is 6.07 Å². The van der Waals surface area contributed by atoms with E-state index in [-0.39, 0.29) is 18.3 Å². The lowest BCUT2D eigenvalue weighted by molar-refractivity contribution is -0.208. The molecule has 1 spiro atoms. The van der Waals surface area contributed by atoms with E-state index >= 15 is 0 Å². The Morgan fingerprint density at radius 2 is 2.00 bits per heavy atom. The topological polar surface area (TPSA) is 110 Å². The average molecular weight is 461 g/mol. The van der Waals surface area contributed by atoms with Gasteiger partial charge in [0.2, 0.25) is 0 Å². The van der Waals surface area contributed by atoms with E-state index in [1.54, 1.807) is 6.07 Å². The van der Waals surface area contributed by atoms with Gasteiger partial charge in [-0.3, -0.25) is 4.90 Å². The molecule has 4 N–H and O–H groups in total. The van der Waals surface area contributed by atoms with Gasteiger partial charge in [0.05, 0.1) is 17.1 Å². The molecule has 0 radical (unpaired) electrons. The summed E-state index contributed by atoms with van der Waals surface area (Å²) in [5, 5.41) is 40.3. The fraction of sp³-hybridized carbons (Fsp3) is 0.682. The molecular weight excluding hydrogens is 431 g/mol. The molecular formula is C22H26F3NO6. The van der Waals surface area contributed by atoms with Crippen LogP contribution in [0.2, 0.25) is 0 Å². The van der Waals surface area contributed by atoms with Crippen LogP contribution in [0.1, 0.15) is 48.6 Å². The number of aliphatic carboxylic acids is 1. The Kier molecular flexibility index (Phi) is 3.80. The first-order chi connectivity index (χ1) is 16.5. The number of carbonyl (C=O) groups is 1. The summed E-state index contributed by atoms with van der Waals surface area (Å²) in [6, 6.07) is 3.15. The number of hydrogen-bond donors (Lipinski definition) is 4. The van der Waals surface area contributed by atoms with E-state index in [0.29, 0.717) is 38.0 Å². The molecule has 0 amide bonds. The van der Waals surface area contributed by atoms with Gasteiger partial charge in [0.1, 0.15) is 6.10 Å². The van der Waals surface area contributed by atoms with Crippen LogP contribution in [-0.2, 0) is 16.6 Å². The number of aliphatic hydroxyl groups is 2. The highest BCUT2D eigenvalue weighted by molar-refractivity contribution is 5.73. The van der Waals surface area contributed by atoms with Crippen LogP contribution in [0, 0.1) is 5.92 Å². The summed E-state index contributed by atoms with van der Waals surface area (Å²) in [7, 11) is 0. The third kappa shape index (κ3) is 2.95. The van der Waals surface area contributed by atoms with E-state index < -0.39 is 54.0 Å². The number of rotatable bonds is 2. The lowest BCUT2D eigenvalue weighted by atomic mass is 9.48. The van der Waals surface area contributed by atoms with Crippen molar-refractivity contribution in [3.8, 4) is 11.5 Å². The highest BCUT2D eigenvalue weighted by Crippen LogP contribution is 2.65. The van der Waals surface area contributed by atoms with Crippen molar-refractivity contribution in [3.63, 3.8) is 0 Å². The molecule has 32 heavy (non-hydrogen) atoms. The predicted octanol–water partition coefficient (Wildman–Crippen LogP) is 1.95. The maximum Gasteiger partial charge on any atom is 0.490 e. The Bertz CT molecular complexity index is 1110. The SMILES string of the molecule is O=C(O)C(F)(F)F.[2H]C1([2H])C(CN2CC[C@]34c5c6ccc(O)c5O[C@H]3[C@H](O)CC[C@@]4(O)[C@H]2C6)C1([2H])[2H]. The van der Waals surface area contributed by atoms with Gasteiger partial charge in [0.25, 0.3) is 0 Å². The van der Waals surface area contributed by atoms with Crippen LogP contribution >= 0.6 is 0 Å². The smallest absolute Gasteiger partial charge is 0.490 e. The Morgan fingerprint density at radius 1 is 1.31 bits per heavy atom. The molecule has 1 aromatic carbocycles. The Balaban J connectivity index is 0.000000338. The zero-order chi connectivity index (χ0) is 26.6. The van der Waals surface area contributed by atoms with Crippen LogP contribution in [0.15, 0.2) is 12.1 Å². The van der Waals surface area contributed by atoms with E-state index in [1.165, 1.54) is 0 Å². The lowest BCUT2D eigenvalue weighted by Crippen LogP contribution is -2.77. The maximum atomic E-state index is 12.1. The van der Waals surface area contributed by atoms with Gasteiger partial charge in [-0.2, -0.15) is 13.2 Å². The Morgan fingerprint density at radius 3 is 2.62 bits per heavy atom. The molecule has 6 rings (SSSR count). The number of hydrogen-bond acceptors (Lipinski definition) is 6. The molecule has 2 bridgehead atoms. The van der Waals surface area contributed by atoms with Crippen LogP contribution in [-0.4, -0.2) is 74.4 Å². The quantitative estimate of drug-likeness (QED) is 0.533. The number of nitrogens with zero attached hydrogens (tertiary/aromatic N) is 1. The molecule has 2 saturated carbocycles. The fourth-order valence-corrected chi connectivity index (χ4v) is 6.21. The zero-order valence-electron chi connectivity index (χ0n) is 20.9. The maximum absolute atomic E-state index is 12.1. The zero-order valence-corrected chi connectivity index (χ0v) is 16.9. The number of aliphatic hydroxyl groups excluding tert-OH is 1. The molecule has 7 nitrogen and oxygen atoms in total. The normalized spacial score (nSPS) is 42.1. The van der Waals surface area contributed by atoms with E-state index in [0.717, 1.165) is 11.1 Å². The fourth-order valence-electron chi connectivity index (χ4n) is 6.21. The number of piperidine rings is 1. The molecule has 2 aliphatic heterocycles. The van der Waals surface area contributed by atoms with Crippen molar-refractivity contribution in [2.75, 3.05) is 13.1 Å². The van der Waals surface area contributed by atoms with Crippen LogP contribution in [0.5, 0.6) is 11.5 Å². The molecule has 3 aliphatic carbocycles. The number of phenols is 1. The van der Waals surface area contributed by atoms with Gasteiger partial charge < -0.3 is 25.2 Å². The third-order valence-corrected chi connectivity index (χ3v) is 7.55. The minimum absolute atomic E-state index is 0.0299. The van der Waals surface area contributed by atoms with Crippen LogP contribution in [0.3, 0.4) is 0 Å². The highest BCUT2D eigenvalue weighted by Gasteiger charge is 2.72. The van der Waals surface area contributed by atoms with Gasteiger partial charge in [0, 0.05) is 23.6 Å². The van der Waals surface area contributed by atoms with Gasteiger partial charge >= 0.3 is 12.1 Å². The largest absolute Gasteiger partial charge is 0.504 e. The first-order valence-electron chi connectivity index (χ1n) is 12.5. The van der Waals surface area contributed by atoms with E-state index in [9.17, 15) is 28.5 Å². The molecule has 2 heterocycles. The molecule has 3 fully saturated rings. The van der Waals surface area contributed by atoms with Crippen molar-refractivity contribution in [2.45, 2.75) is 73.9 Å². The number of aromatic hydroxyl groups is 1. The van der Waals surface area contributed by atoms with E-state index in [2.05, 4.69) is 4.90 Å². The number of halogens is 3. The minimum Gasteiger partial charge on any atom is -0.504 e. The summed E-state index contributed by atoms with van der Waals surface area (Å²) in [4.78, 5) is 11.0. The Labute approximate surface area is 188 Å². The highest BCUT2D eigenvalue weighted by atomic mass is 19.4. The van der Waals surface area contributed by atoms with E-state index in [1.807, 2.05) is 6.07 Å². The molecule has 10 heteroatoms. The lowest BCUT2D eigenvalue weighted by Gasteiger charge is -2.63. The summed E-state index contributed by atoms with van der Waals surface area (Å²) in [5.41, 5.74) is -0.155. The van der Waals surface area contributed by atoms with Crippen molar-refractivity contribution < 1.29 is 48.6 Å². The number of carboxylic acids is 1. The first-order valence-corrected chi connectivity index (χ1v) is 10.5. The third-order valence-electron chi connectivity index (χ3n) is 7.55. The predicted molar refractivity (Wildman–Crippen MR) is 104 cm³/mol. The van der Waals surface area contributed by atoms with Crippen LogP contribution in [0.25, 0.3) is 0 Å². The van der Waals surface area contributed by atoms with Crippen molar-refractivity contribution in [3.05, 3.63) is 23.3 Å². The number of benzene rings is 1. The molecule has 0 unspecified atom stereocenters. The number of carboxylic acid groups (broad SMARTS) is 1. The van der Waals surface area contributed by atoms with Crippen molar-refractivity contribution in [1.29, 1.82) is 0 Å². The van der Waals surface area contributed by atoms with E-state index in [4.69, 9.17) is 20.1 Å². The summed E-state index contributed by atoms with van der Waals surface area (Å²) in [6.07, 6.45) is -8.29. The summed E-state index contributed by atoms with van der Waals surface area (Å²) >= 11 is 0. The summed E-state index contributed by atoms with van der Waals surface area (Å²) in [5.74, 6) is -3.06. The standard InChI is InChI=1S/C20H25NO4.C2HF3O2/c22-13-4-3-12-9-15-20(24)6-5-14(23)18-19(20,16(12)17(13)25-18)7-8-21(15)10-11-1-2-11;3-2(4,5)1(6)7/h3-4,11,14-15,18,22-24H,1-2,5-10H2;(H,6,7)/t14-,15-,18+,19+,20-;/m1./s1/i1D2,2D2;. The van der Waals surface area contributed by atoms with Gasteiger partial charge in [0.15, 0.2) is 11.5 Å².